The van der Waals surface area contributed by atoms with Crippen LogP contribution >= 0.6 is 0 Å². The second kappa shape index (κ2) is 6.84. The Balaban J connectivity index is 2.64. The Morgan fingerprint density at radius 2 is 2.00 bits per heavy atom. The molecule has 112 valence electrons. The minimum Gasteiger partial charge on any atom is -0.345 e. The van der Waals surface area contributed by atoms with Gasteiger partial charge in [-0.1, -0.05) is 39.0 Å². The number of halogens is 1. The third-order valence-corrected chi connectivity index (χ3v) is 3.56. The van der Waals surface area contributed by atoms with Crippen LogP contribution in [0.25, 0.3) is 0 Å². The molecule has 1 aromatic carbocycles. The molecule has 0 aromatic heterocycles. The number of amides is 1. The Kier molecular flexibility index (Phi) is 5.69. The van der Waals surface area contributed by atoms with Gasteiger partial charge in [-0.2, -0.15) is 0 Å². The van der Waals surface area contributed by atoms with Crippen LogP contribution in [-0.2, 0) is 4.79 Å². The van der Waals surface area contributed by atoms with E-state index < -0.39 is 0 Å². The Morgan fingerprint density at radius 3 is 2.55 bits per heavy atom. The summed E-state index contributed by atoms with van der Waals surface area (Å²) in [4.78, 5) is 13.9. The molecule has 1 amide bonds. The molecule has 1 atom stereocenters. The second-order valence-corrected chi connectivity index (χ2v) is 6.24. The fraction of sp³-hybridized carbons (Fsp3) is 0.562. The van der Waals surface area contributed by atoms with Gasteiger partial charge in [0.15, 0.2) is 0 Å². The fourth-order valence-corrected chi connectivity index (χ4v) is 2.20. The Labute approximate surface area is 121 Å². The quantitative estimate of drug-likeness (QED) is 0.871. The summed E-state index contributed by atoms with van der Waals surface area (Å²) < 4.78 is 13.7. The summed E-state index contributed by atoms with van der Waals surface area (Å²) in [5, 5.41) is 0. The molecule has 0 radical (unpaired) electrons. The second-order valence-electron chi connectivity index (χ2n) is 6.24. The minimum atomic E-state index is -0.252. The molecule has 0 saturated heterocycles. The highest BCUT2D eigenvalue weighted by molar-refractivity contribution is 5.76. The maximum Gasteiger partial charge on any atom is 0.222 e. The lowest BCUT2D eigenvalue weighted by molar-refractivity contribution is -0.131. The molecule has 1 rings (SSSR count). The SMILES string of the molecule is CC(CC(=O)N(C)CC(C)(C)CN)c1ccccc1F. The maximum atomic E-state index is 13.7. The molecule has 20 heavy (non-hydrogen) atoms. The van der Waals surface area contributed by atoms with E-state index in [1.54, 1.807) is 30.1 Å². The van der Waals surface area contributed by atoms with Crippen molar-refractivity contribution < 1.29 is 9.18 Å². The van der Waals surface area contributed by atoms with E-state index in [9.17, 15) is 9.18 Å². The lowest BCUT2D eigenvalue weighted by Crippen LogP contribution is -2.40. The number of nitrogens with two attached hydrogens (primary N) is 1. The first-order valence-corrected chi connectivity index (χ1v) is 6.95. The van der Waals surface area contributed by atoms with Crippen molar-refractivity contribution in [1.82, 2.24) is 4.90 Å². The van der Waals surface area contributed by atoms with Crippen molar-refractivity contribution in [2.75, 3.05) is 20.1 Å². The average molecular weight is 280 g/mol. The summed E-state index contributed by atoms with van der Waals surface area (Å²) in [5.74, 6) is -0.368. The summed E-state index contributed by atoms with van der Waals surface area (Å²) in [6.45, 7) is 7.05. The van der Waals surface area contributed by atoms with Gasteiger partial charge in [0.25, 0.3) is 0 Å². The van der Waals surface area contributed by atoms with Gasteiger partial charge in [0.05, 0.1) is 0 Å². The van der Waals surface area contributed by atoms with Gasteiger partial charge in [0.1, 0.15) is 5.82 Å². The van der Waals surface area contributed by atoms with Crippen LogP contribution in [0.1, 0.15) is 38.7 Å². The van der Waals surface area contributed by atoms with E-state index in [2.05, 4.69) is 0 Å². The van der Waals surface area contributed by atoms with Crippen molar-refractivity contribution in [3.8, 4) is 0 Å². The molecule has 0 aliphatic carbocycles. The highest BCUT2D eigenvalue weighted by atomic mass is 19.1. The van der Waals surface area contributed by atoms with E-state index in [1.807, 2.05) is 20.8 Å². The van der Waals surface area contributed by atoms with Crippen molar-refractivity contribution in [3.05, 3.63) is 35.6 Å². The fourth-order valence-electron chi connectivity index (χ4n) is 2.20. The summed E-state index contributed by atoms with van der Waals surface area (Å²) in [7, 11) is 1.77. The van der Waals surface area contributed by atoms with Gasteiger partial charge in [-0.05, 0) is 29.5 Å². The van der Waals surface area contributed by atoms with E-state index >= 15 is 0 Å². The summed E-state index contributed by atoms with van der Waals surface area (Å²) in [6, 6.07) is 6.61. The number of carbonyl (C=O) groups excluding carboxylic acids is 1. The van der Waals surface area contributed by atoms with E-state index in [0.717, 1.165) is 0 Å². The lowest BCUT2D eigenvalue weighted by atomic mass is 9.92. The molecule has 0 aliphatic heterocycles. The number of hydrogen-bond donors (Lipinski definition) is 1. The van der Waals surface area contributed by atoms with Crippen molar-refractivity contribution in [2.45, 2.75) is 33.1 Å². The van der Waals surface area contributed by atoms with Crippen molar-refractivity contribution in [3.63, 3.8) is 0 Å². The third-order valence-electron chi connectivity index (χ3n) is 3.56. The number of hydrogen-bond acceptors (Lipinski definition) is 2. The van der Waals surface area contributed by atoms with Crippen LogP contribution in [0.5, 0.6) is 0 Å². The zero-order chi connectivity index (χ0) is 15.3. The normalized spacial score (nSPS) is 13.1. The zero-order valence-electron chi connectivity index (χ0n) is 12.8. The third kappa shape index (κ3) is 4.60. The highest BCUT2D eigenvalue weighted by Gasteiger charge is 2.23. The van der Waals surface area contributed by atoms with E-state index in [1.165, 1.54) is 6.07 Å². The van der Waals surface area contributed by atoms with Gasteiger partial charge < -0.3 is 10.6 Å². The predicted molar refractivity (Wildman–Crippen MR) is 79.9 cm³/mol. The van der Waals surface area contributed by atoms with Crippen LogP contribution in [0, 0.1) is 11.2 Å². The smallest absolute Gasteiger partial charge is 0.222 e. The van der Waals surface area contributed by atoms with Crippen LogP contribution in [-0.4, -0.2) is 30.9 Å². The molecule has 0 spiro atoms. The number of nitrogens with zero attached hydrogens (tertiary/aromatic N) is 1. The topological polar surface area (TPSA) is 46.3 Å². The maximum absolute atomic E-state index is 13.7. The van der Waals surface area contributed by atoms with Gasteiger partial charge in [-0.25, -0.2) is 4.39 Å². The number of benzene rings is 1. The predicted octanol–water partition coefficient (Wildman–Crippen LogP) is 2.76. The summed E-state index contributed by atoms with van der Waals surface area (Å²) >= 11 is 0. The molecule has 0 heterocycles. The largest absolute Gasteiger partial charge is 0.345 e. The molecule has 2 N–H and O–H groups in total. The molecule has 0 aliphatic rings. The van der Waals surface area contributed by atoms with Crippen LogP contribution in [0.15, 0.2) is 24.3 Å². The first-order valence-electron chi connectivity index (χ1n) is 6.95. The molecule has 1 aromatic rings. The van der Waals surface area contributed by atoms with Crippen molar-refractivity contribution in [1.29, 1.82) is 0 Å². The first-order chi connectivity index (χ1) is 9.26. The van der Waals surface area contributed by atoms with Gasteiger partial charge in [0, 0.05) is 20.0 Å². The Bertz CT molecular complexity index is 460. The van der Waals surface area contributed by atoms with E-state index in [0.29, 0.717) is 25.1 Å². The standard InChI is InChI=1S/C16H25FN2O/c1-12(13-7-5-6-8-14(13)17)9-15(20)19(4)11-16(2,3)10-18/h5-8,12H,9-11,18H2,1-4H3. The van der Waals surface area contributed by atoms with Crippen LogP contribution in [0.2, 0.25) is 0 Å². The monoisotopic (exact) mass is 280 g/mol. The van der Waals surface area contributed by atoms with E-state index in [-0.39, 0.29) is 23.1 Å². The average Bonchev–Trinajstić information content (AvgIpc) is 2.38. The number of rotatable bonds is 6. The van der Waals surface area contributed by atoms with E-state index in [4.69, 9.17) is 5.73 Å². The molecular formula is C16H25FN2O. The Morgan fingerprint density at radius 1 is 1.40 bits per heavy atom. The molecule has 3 nitrogen and oxygen atoms in total. The zero-order valence-corrected chi connectivity index (χ0v) is 12.8. The van der Waals surface area contributed by atoms with Crippen molar-refractivity contribution in [2.24, 2.45) is 11.1 Å². The Hall–Kier alpha value is -1.42. The molecule has 0 bridgehead atoms. The first kappa shape index (κ1) is 16.6. The molecule has 0 fully saturated rings. The van der Waals surface area contributed by atoms with Gasteiger partial charge in [0.2, 0.25) is 5.91 Å². The molecule has 4 heteroatoms. The molecule has 0 saturated carbocycles. The number of carbonyl (C=O) groups is 1. The summed E-state index contributed by atoms with van der Waals surface area (Å²) in [5.41, 5.74) is 6.16. The van der Waals surface area contributed by atoms with Gasteiger partial charge >= 0.3 is 0 Å². The molecule has 1 unspecified atom stereocenters. The van der Waals surface area contributed by atoms with Crippen LogP contribution in [0.4, 0.5) is 4.39 Å². The van der Waals surface area contributed by atoms with Gasteiger partial charge in [-0.15, -0.1) is 0 Å². The molecular weight excluding hydrogens is 255 g/mol. The highest BCUT2D eigenvalue weighted by Crippen LogP contribution is 2.23. The van der Waals surface area contributed by atoms with Gasteiger partial charge in [-0.3, -0.25) is 4.79 Å². The van der Waals surface area contributed by atoms with Crippen molar-refractivity contribution >= 4 is 5.91 Å². The minimum absolute atomic E-state index is 0.0160. The summed E-state index contributed by atoms with van der Waals surface area (Å²) in [6.07, 6.45) is 0.304. The van der Waals surface area contributed by atoms with Crippen LogP contribution in [0.3, 0.4) is 0 Å². The lowest BCUT2D eigenvalue weighted by Gasteiger charge is -2.29. The van der Waals surface area contributed by atoms with Crippen LogP contribution < -0.4 is 5.73 Å².